The van der Waals surface area contributed by atoms with Gasteiger partial charge in [-0.1, -0.05) is 25.7 Å². The molecule has 2 rings (SSSR count). The fraction of sp³-hybridized carbons (Fsp3) is 0.917. The monoisotopic (exact) mass is 259 g/mol. The van der Waals surface area contributed by atoms with Crippen molar-refractivity contribution in [3.05, 3.63) is 0 Å². The van der Waals surface area contributed by atoms with E-state index < -0.39 is 14.8 Å². The summed E-state index contributed by atoms with van der Waals surface area (Å²) in [5.41, 5.74) is 0. The first-order chi connectivity index (χ1) is 8.12. The van der Waals surface area contributed by atoms with Gasteiger partial charge >= 0.3 is 0 Å². The highest BCUT2D eigenvalue weighted by atomic mass is 32.2. The van der Waals surface area contributed by atoms with Gasteiger partial charge in [-0.3, -0.25) is 0 Å². The average Bonchev–Trinajstić information content (AvgIpc) is 2.40. The van der Waals surface area contributed by atoms with E-state index >= 15 is 0 Å². The van der Waals surface area contributed by atoms with Crippen LogP contribution in [0.3, 0.4) is 0 Å². The largest absolute Gasteiger partial charge is 0.302 e. The first kappa shape index (κ1) is 13.0. The van der Waals surface area contributed by atoms with E-state index in [1.807, 2.05) is 0 Å². The van der Waals surface area contributed by atoms with Crippen molar-refractivity contribution in [3.8, 4) is 0 Å². The molecule has 0 unspecified atom stereocenters. The van der Waals surface area contributed by atoms with Crippen LogP contribution in [0.4, 0.5) is 0 Å². The molecule has 0 amide bonds. The summed E-state index contributed by atoms with van der Waals surface area (Å²) >= 11 is 0. The lowest BCUT2D eigenvalue weighted by Crippen LogP contribution is -2.52. The van der Waals surface area contributed by atoms with Crippen LogP contribution in [0.25, 0.3) is 0 Å². The van der Waals surface area contributed by atoms with Crippen molar-refractivity contribution < 1.29 is 13.2 Å². The van der Waals surface area contributed by atoms with Gasteiger partial charge in [-0.2, -0.15) is 0 Å². The maximum absolute atomic E-state index is 12.6. The minimum atomic E-state index is -3.43. The summed E-state index contributed by atoms with van der Waals surface area (Å²) in [4.78, 5) is 11.4. The second kappa shape index (κ2) is 5.06. The molecule has 0 aromatic rings. The summed E-state index contributed by atoms with van der Waals surface area (Å²) in [5.74, 6) is 0. The van der Waals surface area contributed by atoms with Crippen molar-refractivity contribution in [2.45, 2.75) is 56.1 Å². The van der Waals surface area contributed by atoms with E-state index in [9.17, 15) is 13.2 Å². The molecule has 4 nitrogen and oxygen atoms in total. The Labute approximate surface area is 103 Å². The van der Waals surface area contributed by atoms with Crippen LogP contribution >= 0.6 is 0 Å². The van der Waals surface area contributed by atoms with Gasteiger partial charge in [-0.05, 0) is 25.7 Å². The summed E-state index contributed by atoms with van der Waals surface area (Å²) in [6.45, 7) is 1.19. The van der Waals surface area contributed by atoms with E-state index in [1.54, 1.807) is 4.31 Å². The third-order valence-electron chi connectivity index (χ3n) is 4.08. The first-order valence-corrected chi connectivity index (χ1v) is 8.02. The smallest absolute Gasteiger partial charge is 0.226 e. The quantitative estimate of drug-likeness (QED) is 0.725. The number of rotatable bonds is 3. The molecular weight excluding hydrogens is 238 g/mol. The second-order valence-electron chi connectivity index (χ2n) is 5.21. The fourth-order valence-corrected chi connectivity index (χ4v) is 5.13. The molecule has 1 saturated heterocycles. The molecule has 0 spiro atoms. The Morgan fingerprint density at radius 1 is 0.882 bits per heavy atom. The molecule has 0 atom stereocenters. The van der Waals surface area contributed by atoms with Crippen molar-refractivity contribution in [2.24, 2.45) is 0 Å². The molecule has 98 valence electrons. The lowest BCUT2D eigenvalue weighted by Gasteiger charge is -2.37. The van der Waals surface area contributed by atoms with Gasteiger partial charge in [0.1, 0.15) is 11.0 Å². The van der Waals surface area contributed by atoms with Gasteiger partial charge in [0.15, 0.2) is 0 Å². The van der Waals surface area contributed by atoms with Crippen LogP contribution in [-0.2, 0) is 14.8 Å². The maximum Gasteiger partial charge on any atom is 0.226 e. The van der Waals surface area contributed by atoms with Gasteiger partial charge in [-0.25, -0.2) is 12.7 Å². The number of nitrogens with zero attached hydrogens (tertiary/aromatic N) is 1. The number of hydrogen-bond acceptors (Lipinski definition) is 3. The molecule has 1 aliphatic heterocycles. The van der Waals surface area contributed by atoms with Crippen molar-refractivity contribution in [1.82, 2.24) is 4.31 Å². The molecule has 0 aromatic heterocycles. The highest BCUT2D eigenvalue weighted by molar-refractivity contribution is 7.91. The molecule has 2 aliphatic rings. The molecule has 5 heteroatoms. The van der Waals surface area contributed by atoms with E-state index in [0.717, 1.165) is 38.5 Å². The SMILES string of the molecule is O=CC1(S(=O)(=O)N2CCCCC2)CCCCC1. The van der Waals surface area contributed by atoms with Crippen LogP contribution in [0.15, 0.2) is 0 Å². The molecule has 2 fully saturated rings. The van der Waals surface area contributed by atoms with Crippen molar-refractivity contribution >= 4 is 16.3 Å². The first-order valence-electron chi connectivity index (χ1n) is 6.58. The van der Waals surface area contributed by atoms with Gasteiger partial charge in [0.05, 0.1) is 0 Å². The highest BCUT2D eigenvalue weighted by Crippen LogP contribution is 2.36. The number of carbonyl (C=O) groups is 1. The minimum absolute atomic E-state index is 0.509. The van der Waals surface area contributed by atoms with Crippen LogP contribution in [0.1, 0.15) is 51.4 Å². The maximum atomic E-state index is 12.6. The summed E-state index contributed by atoms with van der Waals surface area (Å²) in [5, 5.41) is 0. The zero-order valence-corrected chi connectivity index (χ0v) is 11.0. The average molecular weight is 259 g/mol. The third-order valence-corrected chi connectivity index (χ3v) is 6.66. The Morgan fingerprint density at radius 2 is 1.41 bits per heavy atom. The van der Waals surface area contributed by atoms with Gasteiger partial charge in [0, 0.05) is 13.1 Å². The Balaban J connectivity index is 2.24. The zero-order chi connectivity index (χ0) is 12.4. The molecule has 1 saturated carbocycles. The number of carbonyl (C=O) groups excluding carboxylic acids is 1. The van der Waals surface area contributed by atoms with E-state index in [0.29, 0.717) is 32.2 Å². The van der Waals surface area contributed by atoms with Crippen LogP contribution in [0.5, 0.6) is 0 Å². The fourth-order valence-electron chi connectivity index (χ4n) is 2.95. The normalized spacial score (nSPS) is 26.6. The molecule has 0 bridgehead atoms. The third kappa shape index (κ3) is 2.27. The Bertz CT molecular complexity index is 365. The van der Waals surface area contributed by atoms with E-state index in [2.05, 4.69) is 0 Å². The van der Waals surface area contributed by atoms with Crippen molar-refractivity contribution in [3.63, 3.8) is 0 Å². The molecule has 1 aliphatic carbocycles. The van der Waals surface area contributed by atoms with Crippen LogP contribution in [0.2, 0.25) is 0 Å². The zero-order valence-electron chi connectivity index (χ0n) is 10.2. The summed E-state index contributed by atoms with van der Waals surface area (Å²) in [6.07, 6.45) is 7.42. The summed E-state index contributed by atoms with van der Waals surface area (Å²) < 4.78 is 25.6. The van der Waals surface area contributed by atoms with Gasteiger partial charge in [-0.15, -0.1) is 0 Å². The predicted octanol–water partition coefficient (Wildman–Crippen LogP) is 1.70. The van der Waals surface area contributed by atoms with E-state index in [4.69, 9.17) is 0 Å². The number of aldehydes is 1. The number of piperidine rings is 1. The summed E-state index contributed by atoms with van der Waals surface area (Å²) in [7, 11) is -3.43. The van der Waals surface area contributed by atoms with E-state index in [-0.39, 0.29) is 0 Å². The molecule has 1 heterocycles. The van der Waals surface area contributed by atoms with E-state index in [1.165, 1.54) is 0 Å². The Morgan fingerprint density at radius 3 is 1.94 bits per heavy atom. The topological polar surface area (TPSA) is 54.5 Å². The van der Waals surface area contributed by atoms with Gasteiger partial charge < -0.3 is 4.79 Å². The van der Waals surface area contributed by atoms with Crippen molar-refractivity contribution in [1.29, 1.82) is 0 Å². The Kier molecular flexibility index (Phi) is 3.88. The molecular formula is C12H21NO3S. The molecule has 0 N–H and O–H groups in total. The molecule has 17 heavy (non-hydrogen) atoms. The van der Waals surface area contributed by atoms with Crippen LogP contribution in [0, 0.1) is 0 Å². The van der Waals surface area contributed by atoms with Crippen LogP contribution < -0.4 is 0 Å². The van der Waals surface area contributed by atoms with Gasteiger partial charge in [0.2, 0.25) is 10.0 Å². The number of hydrogen-bond donors (Lipinski definition) is 0. The second-order valence-corrected chi connectivity index (χ2v) is 7.49. The lowest BCUT2D eigenvalue weighted by atomic mass is 9.89. The van der Waals surface area contributed by atoms with Gasteiger partial charge in [0.25, 0.3) is 0 Å². The van der Waals surface area contributed by atoms with Crippen LogP contribution in [-0.4, -0.2) is 36.8 Å². The molecule has 0 aromatic carbocycles. The lowest BCUT2D eigenvalue weighted by molar-refractivity contribution is -0.110. The minimum Gasteiger partial charge on any atom is -0.302 e. The number of sulfonamides is 1. The standard InChI is InChI=1S/C12H21NO3S/c14-11-12(7-3-1-4-8-12)17(15,16)13-9-5-2-6-10-13/h11H,1-10H2. The summed E-state index contributed by atoms with van der Waals surface area (Å²) in [6, 6.07) is 0. The predicted molar refractivity (Wildman–Crippen MR) is 66.2 cm³/mol. The molecule has 0 radical (unpaired) electrons. The van der Waals surface area contributed by atoms with Crippen molar-refractivity contribution in [2.75, 3.05) is 13.1 Å². The Hall–Kier alpha value is -0.420. The highest BCUT2D eigenvalue weighted by Gasteiger charge is 2.47.